The number of hydrogen-bond donors (Lipinski definition) is 0. The van der Waals surface area contributed by atoms with Crippen molar-refractivity contribution >= 4 is 38.6 Å². The molecule has 0 aliphatic rings. The summed E-state index contributed by atoms with van der Waals surface area (Å²) in [5.74, 6) is 0.970. The molecule has 2 aromatic rings. The molecule has 0 saturated heterocycles. The second-order valence-electron chi connectivity index (χ2n) is 4.71. The zero-order valence-electron chi connectivity index (χ0n) is 12.3. The van der Waals surface area contributed by atoms with Crippen LogP contribution in [0.15, 0.2) is 32.6 Å². The molecule has 0 aliphatic carbocycles. The van der Waals surface area contributed by atoms with Crippen LogP contribution in [-0.4, -0.2) is 29.0 Å². The highest BCUT2D eigenvalue weighted by molar-refractivity contribution is 9.10. The number of fused-ring (bicyclic) bond motifs is 1. The van der Waals surface area contributed by atoms with Gasteiger partial charge in [-0.2, -0.15) is 0 Å². The minimum absolute atomic E-state index is 0.00246. The largest absolute Gasteiger partial charge is 0.383 e. The number of thioether (sulfide) groups is 1. The van der Waals surface area contributed by atoms with E-state index in [0.717, 1.165) is 33.7 Å². The van der Waals surface area contributed by atoms with Gasteiger partial charge in [-0.25, -0.2) is 4.98 Å². The van der Waals surface area contributed by atoms with Gasteiger partial charge >= 0.3 is 0 Å². The Bertz CT molecular complexity index is 673. The van der Waals surface area contributed by atoms with Crippen LogP contribution in [0.1, 0.15) is 19.8 Å². The first kappa shape index (κ1) is 16.5. The Morgan fingerprint density at radius 1 is 1.43 bits per heavy atom. The SMILES string of the molecule is CCCCSc1nc2ccc(Br)cc2c(=O)n1CCOC. The lowest BCUT2D eigenvalue weighted by molar-refractivity contribution is 0.183. The monoisotopic (exact) mass is 370 g/mol. The van der Waals surface area contributed by atoms with Crippen LogP contribution < -0.4 is 5.56 Å². The predicted octanol–water partition coefficient (Wildman–Crippen LogP) is 3.70. The first-order valence-electron chi connectivity index (χ1n) is 6.99. The van der Waals surface area contributed by atoms with Gasteiger partial charge in [0.2, 0.25) is 0 Å². The maximum absolute atomic E-state index is 12.7. The van der Waals surface area contributed by atoms with Crippen molar-refractivity contribution in [3.8, 4) is 0 Å². The molecule has 21 heavy (non-hydrogen) atoms. The zero-order chi connectivity index (χ0) is 15.2. The highest BCUT2D eigenvalue weighted by Gasteiger charge is 2.11. The number of rotatable bonds is 7. The van der Waals surface area contributed by atoms with Crippen molar-refractivity contribution in [2.45, 2.75) is 31.5 Å². The third kappa shape index (κ3) is 4.08. The molecule has 0 bridgehead atoms. The quantitative estimate of drug-likeness (QED) is 0.423. The van der Waals surface area contributed by atoms with Crippen molar-refractivity contribution < 1.29 is 4.74 Å². The maximum Gasteiger partial charge on any atom is 0.262 e. The lowest BCUT2D eigenvalue weighted by Crippen LogP contribution is -2.25. The van der Waals surface area contributed by atoms with E-state index in [9.17, 15) is 4.79 Å². The van der Waals surface area contributed by atoms with Gasteiger partial charge in [-0.1, -0.05) is 41.0 Å². The van der Waals surface area contributed by atoms with Crippen LogP contribution in [0.3, 0.4) is 0 Å². The van der Waals surface area contributed by atoms with Gasteiger partial charge in [0.1, 0.15) is 0 Å². The van der Waals surface area contributed by atoms with Gasteiger partial charge in [0.25, 0.3) is 5.56 Å². The van der Waals surface area contributed by atoms with E-state index in [-0.39, 0.29) is 5.56 Å². The number of halogens is 1. The van der Waals surface area contributed by atoms with Gasteiger partial charge in [0.05, 0.1) is 24.1 Å². The van der Waals surface area contributed by atoms with Crippen molar-refractivity contribution in [1.82, 2.24) is 9.55 Å². The molecule has 1 heterocycles. The van der Waals surface area contributed by atoms with E-state index in [1.165, 1.54) is 0 Å². The first-order valence-corrected chi connectivity index (χ1v) is 8.77. The van der Waals surface area contributed by atoms with Crippen LogP contribution in [0.4, 0.5) is 0 Å². The predicted molar refractivity (Wildman–Crippen MR) is 91.2 cm³/mol. The van der Waals surface area contributed by atoms with E-state index in [1.807, 2.05) is 18.2 Å². The molecule has 0 saturated carbocycles. The number of methoxy groups -OCH3 is 1. The number of aromatic nitrogens is 2. The van der Waals surface area contributed by atoms with Crippen molar-refractivity contribution in [3.05, 3.63) is 33.0 Å². The molecular formula is C15H19BrN2O2S. The molecule has 0 fully saturated rings. The van der Waals surface area contributed by atoms with Gasteiger partial charge in [-0.3, -0.25) is 9.36 Å². The van der Waals surface area contributed by atoms with Gasteiger partial charge < -0.3 is 4.74 Å². The van der Waals surface area contributed by atoms with E-state index in [2.05, 4.69) is 27.8 Å². The number of benzene rings is 1. The minimum Gasteiger partial charge on any atom is -0.383 e. The smallest absolute Gasteiger partial charge is 0.262 e. The fourth-order valence-corrected chi connectivity index (χ4v) is 3.44. The molecule has 0 aliphatic heterocycles. The summed E-state index contributed by atoms with van der Waals surface area (Å²) in [4.78, 5) is 17.3. The second-order valence-corrected chi connectivity index (χ2v) is 6.69. The number of unbranched alkanes of at least 4 members (excludes halogenated alkanes) is 1. The van der Waals surface area contributed by atoms with Gasteiger partial charge in [0.15, 0.2) is 5.16 Å². The third-order valence-electron chi connectivity index (χ3n) is 3.13. The van der Waals surface area contributed by atoms with Crippen LogP contribution >= 0.6 is 27.7 Å². The molecule has 0 N–H and O–H groups in total. The summed E-state index contributed by atoms with van der Waals surface area (Å²) >= 11 is 5.05. The van der Waals surface area contributed by atoms with Gasteiger partial charge in [-0.05, 0) is 24.6 Å². The Labute approximate surface area is 137 Å². The summed E-state index contributed by atoms with van der Waals surface area (Å²) in [6.07, 6.45) is 2.25. The molecular weight excluding hydrogens is 352 g/mol. The number of hydrogen-bond acceptors (Lipinski definition) is 4. The normalized spacial score (nSPS) is 11.2. The van der Waals surface area contributed by atoms with Crippen LogP contribution in [0.5, 0.6) is 0 Å². The molecule has 0 radical (unpaired) electrons. The fourth-order valence-electron chi connectivity index (χ4n) is 1.97. The molecule has 6 heteroatoms. The standard InChI is InChI=1S/C15H19BrN2O2S/c1-3-4-9-21-15-17-13-6-5-11(16)10-12(13)14(19)18(15)7-8-20-2/h5-6,10H,3-4,7-9H2,1-2H3. The minimum atomic E-state index is -0.00246. The molecule has 0 unspecified atom stereocenters. The molecule has 1 aromatic carbocycles. The van der Waals surface area contributed by atoms with E-state index in [1.54, 1.807) is 23.4 Å². The molecule has 114 valence electrons. The lowest BCUT2D eigenvalue weighted by atomic mass is 10.2. The van der Waals surface area contributed by atoms with Crippen molar-refractivity contribution in [3.63, 3.8) is 0 Å². The van der Waals surface area contributed by atoms with E-state index < -0.39 is 0 Å². The molecule has 1 aromatic heterocycles. The van der Waals surface area contributed by atoms with Crippen LogP contribution in [0.2, 0.25) is 0 Å². The molecule has 0 spiro atoms. The molecule has 0 atom stereocenters. The van der Waals surface area contributed by atoms with E-state index in [0.29, 0.717) is 18.5 Å². The van der Waals surface area contributed by atoms with Gasteiger partial charge in [-0.15, -0.1) is 0 Å². The van der Waals surface area contributed by atoms with E-state index in [4.69, 9.17) is 4.74 Å². The molecule has 2 rings (SSSR count). The topological polar surface area (TPSA) is 44.1 Å². The summed E-state index contributed by atoms with van der Waals surface area (Å²) < 4.78 is 7.72. The van der Waals surface area contributed by atoms with Crippen LogP contribution in [-0.2, 0) is 11.3 Å². The van der Waals surface area contributed by atoms with Crippen LogP contribution in [0.25, 0.3) is 10.9 Å². The molecule has 4 nitrogen and oxygen atoms in total. The van der Waals surface area contributed by atoms with E-state index >= 15 is 0 Å². The summed E-state index contributed by atoms with van der Waals surface area (Å²) in [6.45, 7) is 3.19. The first-order chi connectivity index (χ1) is 10.2. The summed E-state index contributed by atoms with van der Waals surface area (Å²) in [5.41, 5.74) is 0.744. The lowest BCUT2D eigenvalue weighted by Gasteiger charge is -2.12. The Morgan fingerprint density at radius 2 is 2.24 bits per heavy atom. The highest BCUT2D eigenvalue weighted by Crippen LogP contribution is 2.21. The summed E-state index contributed by atoms with van der Waals surface area (Å²) in [6, 6.07) is 5.62. The Balaban J connectivity index is 2.48. The second kappa shape index (κ2) is 7.96. The number of ether oxygens (including phenoxy) is 1. The van der Waals surface area contributed by atoms with Crippen molar-refractivity contribution in [1.29, 1.82) is 0 Å². The highest BCUT2D eigenvalue weighted by atomic mass is 79.9. The Kier molecular flexibility index (Phi) is 6.26. The van der Waals surface area contributed by atoms with Crippen molar-refractivity contribution in [2.24, 2.45) is 0 Å². The Hall–Kier alpha value is -0.850. The Morgan fingerprint density at radius 3 is 2.95 bits per heavy atom. The van der Waals surface area contributed by atoms with Crippen LogP contribution in [0, 0.1) is 0 Å². The summed E-state index contributed by atoms with van der Waals surface area (Å²) in [5, 5.41) is 1.42. The maximum atomic E-state index is 12.7. The zero-order valence-corrected chi connectivity index (χ0v) is 14.7. The third-order valence-corrected chi connectivity index (χ3v) is 4.69. The van der Waals surface area contributed by atoms with Gasteiger partial charge in [0, 0.05) is 17.3 Å². The molecule has 0 amide bonds. The number of nitrogens with zero attached hydrogens (tertiary/aromatic N) is 2. The summed E-state index contributed by atoms with van der Waals surface area (Å²) in [7, 11) is 1.64. The van der Waals surface area contributed by atoms with Crippen molar-refractivity contribution in [2.75, 3.05) is 19.5 Å². The fraction of sp³-hybridized carbons (Fsp3) is 0.467. The average Bonchev–Trinajstić information content (AvgIpc) is 2.48. The average molecular weight is 371 g/mol.